The molecule has 2 aromatic rings. The van der Waals surface area contributed by atoms with Gasteiger partial charge in [-0.2, -0.15) is 0 Å². The summed E-state index contributed by atoms with van der Waals surface area (Å²) in [6.45, 7) is 4.84. The molecule has 1 saturated heterocycles. The average molecular weight is 292 g/mol. The van der Waals surface area contributed by atoms with Crippen molar-refractivity contribution in [1.29, 1.82) is 0 Å². The standard InChI is InChI=1S/C20H24N2/c1-2-7-17(8-3-1)11-14-21-12-6-13-22-19(16-21)15-18-9-4-5-10-20(18)22/h1-5,7-10,19H,6,11-16H2. The highest BCUT2D eigenvalue weighted by Gasteiger charge is 2.31. The molecule has 22 heavy (non-hydrogen) atoms. The molecule has 2 aromatic carbocycles. The van der Waals surface area contributed by atoms with Crippen molar-refractivity contribution in [1.82, 2.24) is 4.90 Å². The Labute approximate surface area is 133 Å². The largest absolute Gasteiger partial charge is 0.367 e. The number of hydrogen-bond acceptors (Lipinski definition) is 2. The van der Waals surface area contributed by atoms with Crippen molar-refractivity contribution in [3.05, 3.63) is 65.7 Å². The fraction of sp³-hybridized carbons (Fsp3) is 0.400. The quantitative estimate of drug-likeness (QED) is 0.856. The van der Waals surface area contributed by atoms with E-state index in [0.29, 0.717) is 6.04 Å². The summed E-state index contributed by atoms with van der Waals surface area (Å²) < 4.78 is 0. The van der Waals surface area contributed by atoms with Gasteiger partial charge >= 0.3 is 0 Å². The number of rotatable bonds is 3. The van der Waals surface area contributed by atoms with Gasteiger partial charge in [-0.3, -0.25) is 0 Å². The van der Waals surface area contributed by atoms with Gasteiger partial charge in [0.15, 0.2) is 0 Å². The molecule has 0 N–H and O–H groups in total. The van der Waals surface area contributed by atoms with Crippen LogP contribution >= 0.6 is 0 Å². The van der Waals surface area contributed by atoms with Crippen LogP contribution in [0.5, 0.6) is 0 Å². The van der Waals surface area contributed by atoms with Crippen LogP contribution in [0.15, 0.2) is 54.6 Å². The minimum absolute atomic E-state index is 0.677. The fourth-order valence-corrected chi connectivity index (χ4v) is 3.98. The van der Waals surface area contributed by atoms with E-state index in [2.05, 4.69) is 64.4 Å². The summed E-state index contributed by atoms with van der Waals surface area (Å²) in [5.74, 6) is 0. The summed E-state index contributed by atoms with van der Waals surface area (Å²) in [6.07, 6.45) is 3.66. The second-order valence-electron chi connectivity index (χ2n) is 6.57. The average Bonchev–Trinajstić information content (AvgIpc) is 2.78. The number of para-hydroxylation sites is 1. The molecule has 0 saturated carbocycles. The van der Waals surface area contributed by atoms with E-state index in [-0.39, 0.29) is 0 Å². The van der Waals surface area contributed by atoms with E-state index < -0.39 is 0 Å². The van der Waals surface area contributed by atoms with Gasteiger partial charge in [-0.25, -0.2) is 0 Å². The number of nitrogens with zero attached hydrogens (tertiary/aromatic N) is 2. The molecule has 1 unspecified atom stereocenters. The summed E-state index contributed by atoms with van der Waals surface area (Å²) in [4.78, 5) is 5.32. The van der Waals surface area contributed by atoms with Gasteiger partial charge in [0, 0.05) is 31.4 Å². The van der Waals surface area contributed by atoms with Crippen molar-refractivity contribution in [2.24, 2.45) is 0 Å². The smallest absolute Gasteiger partial charge is 0.0458 e. The first-order valence-corrected chi connectivity index (χ1v) is 8.51. The predicted octanol–water partition coefficient (Wildman–Crippen LogP) is 3.37. The van der Waals surface area contributed by atoms with E-state index in [4.69, 9.17) is 0 Å². The Morgan fingerprint density at radius 2 is 1.73 bits per heavy atom. The third-order valence-corrected chi connectivity index (χ3v) is 5.10. The van der Waals surface area contributed by atoms with Gasteiger partial charge in [0.1, 0.15) is 0 Å². The van der Waals surface area contributed by atoms with Crippen molar-refractivity contribution in [2.75, 3.05) is 31.1 Å². The normalized spacial score (nSPS) is 21.3. The predicted molar refractivity (Wildman–Crippen MR) is 92.5 cm³/mol. The van der Waals surface area contributed by atoms with E-state index in [0.717, 1.165) is 0 Å². The molecule has 2 aliphatic heterocycles. The van der Waals surface area contributed by atoms with Crippen molar-refractivity contribution in [3.8, 4) is 0 Å². The molecular formula is C20H24N2. The molecule has 0 radical (unpaired) electrons. The lowest BCUT2D eigenvalue weighted by atomic mass is 10.1. The maximum atomic E-state index is 2.67. The van der Waals surface area contributed by atoms with E-state index in [1.54, 1.807) is 0 Å². The topological polar surface area (TPSA) is 6.48 Å². The zero-order valence-electron chi connectivity index (χ0n) is 13.1. The van der Waals surface area contributed by atoms with Crippen LogP contribution < -0.4 is 4.90 Å². The lowest BCUT2D eigenvalue weighted by Crippen LogP contribution is -2.39. The fourth-order valence-electron chi connectivity index (χ4n) is 3.98. The van der Waals surface area contributed by atoms with Crippen LogP contribution in [0.3, 0.4) is 0 Å². The molecule has 1 atom stereocenters. The summed E-state index contributed by atoms with van der Waals surface area (Å²) >= 11 is 0. The molecule has 0 bridgehead atoms. The van der Waals surface area contributed by atoms with E-state index in [1.165, 1.54) is 62.3 Å². The van der Waals surface area contributed by atoms with Crippen LogP contribution in [-0.2, 0) is 12.8 Å². The van der Waals surface area contributed by atoms with Crippen LogP contribution in [-0.4, -0.2) is 37.1 Å². The highest BCUT2D eigenvalue weighted by atomic mass is 15.3. The molecule has 0 aliphatic carbocycles. The van der Waals surface area contributed by atoms with Gasteiger partial charge in [-0.15, -0.1) is 0 Å². The maximum Gasteiger partial charge on any atom is 0.0458 e. The minimum atomic E-state index is 0.677. The van der Waals surface area contributed by atoms with Gasteiger partial charge in [0.2, 0.25) is 0 Å². The Kier molecular flexibility index (Phi) is 3.86. The Bertz CT molecular complexity index is 623. The maximum absolute atomic E-state index is 2.67. The van der Waals surface area contributed by atoms with Crippen LogP contribution in [0.1, 0.15) is 17.5 Å². The zero-order chi connectivity index (χ0) is 14.8. The molecule has 2 aliphatic rings. The first-order chi connectivity index (χ1) is 10.9. The highest BCUT2D eigenvalue weighted by molar-refractivity contribution is 5.59. The van der Waals surface area contributed by atoms with Gasteiger partial charge in [-0.05, 0) is 43.0 Å². The summed E-state index contributed by atoms with van der Waals surface area (Å²) in [5, 5.41) is 0. The lowest BCUT2D eigenvalue weighted by Gasteiger charge is -2.27. The van der Waals surface area contributed by atoms with Gasteiger partial charge < -0.3 is 9.80 Å². The van der Waals surface area contributed by atoms with E-state index in [1.807, 2.05) is 0 Å². The number of fused-ring (bicyclic) bond motifs is 3. The second kappa shape index (κ2) is 6.13. The van der Waals surface area contributed by atoms with E-state index >= 15 is 0 Å². The van der Waals surface area contributed by atoms with Crippen molar-refractivity contribution in [3.63, 3.8) is 0 Å². The molecule has 0 aromatic heterocycles. The van der Waals surface area contributed by atoms with Crippen molar-refractivity contribution in [2.45, 2.75) is 25.3 Å². The summed E-state index contributed by atoms with van der Waals surface area (Å²) in [7, 11) is 0. The number of benzene rings is 2. The Hall–Kier alpha value is -1.80. The van der Waals surface area contributed by atoms with Crippen LogP contribution in [0.2, 0.25) is 0 Å². The molecule has 4 rings (SSSR count). The molecule has 1 fully saturated rings. The Balaban J connectivity index is 1.42. The molecule has 2 heterocycles. The molecule has 2 heteroatoms. The molecular weight excluding hydrogens is 268 g/mol. The first kappa shape index (κ1) is 13.8. The third kappa shape index (κ3) is 2.76. The highest BCUT2D eigenvalue weighted by Crippen LogP contribution is 2.33. The van der Waals surface area contributed by atoms with Gasteiger partial charge in [-0.1, -0.05) is 48.5 Å². The molecule has 0 amide bonds. The summed E-state index contributed by atoms with van der Waals surface area (Å²) in [6, 6.07) is 20.5. The number of hydrogen-bond donors (Lipinski definition) is 0. The lowest BCUT2D eigenvalue weighted by molar-refractivity contribution is 0.277. The van der Waals surface area contributed by atoms with Crippen molar-refractivity contribution >= 4 is 5.69 Å². The van der Waals surface area contributed by atoms with E-state index in [9.17, 15) is 0 Å². The third-order valence-electron chi connectivity index (χ3n) is 5.10. The van der Waals surface area contributed by atoms with Crippen molar-refractivity contribution < 1.29 is 0 Å². The molecule has 114 valence electrons. The van der Waals surface area contributed by atoms with Crippen LogP contribution in [0.4, 0.5) is 5.69 Å². The summed E-state index contributed by atoms with van der Waals surface area (Å²) in [5.41, 5.74) is 4.48. The number of anilines is 1. The minimum Gasteiger partial charge on any atom is -0.367 e. The van der Waals surface area contributed by atoms with Gasteiger partial charge in [0.05, 0.1) is 0 Å². The van der Waals surface area contributed by atoms with Gasteiger partial charge in [0.25, 0.3) is 0 Å². The SMILES string of the molecule is c1ccc(CCN2CCCN3c4ccccc4CC3C2)cc1. The molecule has 0 spiro atoms. The Morgan fingerprint density at radius 3 is 2.64 bits per heavy atom. The second-order valence-corrected chi connectivity index (χ2v) is 6.57. The monoisotopic (exact) mass is 292 g/mol. The van der Waals surface area contributed by atoms with Crippen LogP contribution in [0, 0.1) is 0 Å². The first-order valence-electron chi connectivity index (χ1n) is 8.51. The van der Waals surface area contributed by atoms with Crippen LogP contribution in [0.25, 0.3) is 0 Å². The Morgan fingerprint density at radius 1 is 0.909 bits per heavy atom. The molecule has 2 nitrogen and oxygen atoms in total. The zero-order valence-corrected chi connectivity index (χ0v) is 13.1.